The van der Waals surface area contributed by atoms with Gasteiger partial charge in [-0.25, -0.2) is 9.59 Å². The van der Waals surface area contributed by atoms with Gasteiger partial charge in [-0.1, -0.05) is 36.4 Å². The number of nitrogen functional groups attached to an aromatic ring is 1. The number of ether oxygens (including phenoxy) is 2. The first-order valence-corrected chi connectivity index (χ1v) is 10.6. The van der Waals surface area contributed by atoms with E-state index in [0.29, 0.717) is 22.5 Å². The van der Waals surface area contributed by atoms with Crippen molar-refractivity contribution < 1.29 is 23.9 Å². The molecule has 3 aromatic carbocycles. The monoisotopic (exact) mass is 461 g/mol. The highest BCUT2D eigenvalue weighted by Crippen LogP contribution is 2.22. The molecule has 0 radical (unpaired) electrons. The van der Waals surface area contributed by atoms with Crippen molar-refractivity contribution in [3.8, 4) is 0 Å². The number of nitrogens with one attached hydrogen (secondary N) is 2. The highest BCUT2D eigenvalue weighted by molar-refractivity contribution is 6.05. The molecule has 176 valence electrons. The third-order valence-electron chi connectivity index (χ3n) is 5.24. The van der Waals surface area contributed by atoms with Gasteiger partial charge in [-0.05, 0) is 61.4 Å². The summed E-state index contributed by atoms with van der Waals surface area (Å²) < 4.78 is 9.97. The van der Waals surface area contributed by atoms with Gasteiger partial charge < -0.3 is 25.8 Å². The lowest BCUT2D eigenvalue weighted by Gasteiger charge is -2.26. The summed E-state index contributed by atoms with van der Waals surface area (Å²) >= 11 is 0. The van der Waals surface area contributed by atoms with Gasteiger partial charge in [0.1, 0.15) is 6.61 Å². The molecule has 8 heteroatoms. The van der Waals surface area contributed by atoms with Crippen molar-refractivity contribution in [3.63, 3.8) is 0 Å². The highest BCUT2D eigenvalue weighted by atomic mass is 16.5. The molecule has 0 saturated heterocycles. The van der Waals surface area contributed by atoms with Gasteiger partial charge in [0.05, 0.1) is 29.6 Å². The highest BCUT2D eigenvalue weighted by Gasteiger charge is 2.24. The number of anilines is 2. The Hall–Kier alpha value is -4.33. The summed E-state index contributed by atoms with van der Waals surface area (Å²) in [6.07, 6.45) is -0.594. The third-order valence-corrected chi connectivity index (χ3v) is 5.24. The van der Waals surface area contributed by atoms with Gasteiger partial charge in [-0.2, -0.15) is 0 Å². The number of alkyl carbamates (subject to hydrolysis) is 1. The first-order chi connectivity index (χ1) is 16.2. The third kappa shape index (κ3) is 6.13. The first kappa shape index (κ1) is 24.3. The Bertz CT molecular complexity index is 1170. The largest absolute Gasteiger partial charge is 0.465 e. The van der Waals surface area contributed by atoms with Gasteiger partial charge in [0.2, 0.25) is 0 Å². The molecule has 0 aromatic heterocycles. The van der Waals surface area contributed by atoms with Gasteiger partial charge in [-0.15, -0.1) is 0 Å². The Morgan fingerprint density at radius 2 is 1.50 bits per heavy atom. The maximum Gasteiger partial charge on any atom is 0.408 e. The number of esters is 1. The van der Waals surface area contributed by atoms with Crippen LogP contribution in [0.2, 0.25) is 0 Å². The summed E-state index contributed by atoms with van der Waals surface area (Å²) in [5, 5.41) is 5.61. The number of rotatable bonds is 7. The predicted octanol–water partition coefficient (Wildman–Crippen LogP) is 4.47. The van der Waals surface area contributed by atoms with Crippen LogP contribution in [0.15, 0.2) is 72.8 Å². The molecule has 0 heterocycles. The van der Waals surface area contributed by atoms with E-state index in [4.69, 9.17) is 10.5 Å². The van der Waals surface area contributed by atoms with Crippen molar-refractivity contribution in [1.29, 1.82) is 0 Å². The van der Waals surface area contributed by atoms with Gasteiger partial charge in [0.25, 0.3) is 5.91 Å². The van der Waals surface area contributed by atoms with Crippen LogP contribution in [0.4, 0.5) is 16.2 Å². The predicted molar refractivity (Wildman–Crippen MR) is 129 cm³/mol. The number of carbonyl (C=O) groups excluding carboxylic acids is 3. The van der Waals surface area contributed by atoms with Crippen LogP contribution in [-0.2, 0) is 21.6 Å². The van der Waals surface area contributed by atoms with Crippen LogP contribution >= 0.6 is 0 Å². The minimum Gasteiger partial charge on any atom is -0.465 e. The average Bonchev–Trinajstić information content (AvgIpc) is 2.83. The molecule has 0 aliphatic carbocycles. The summed E-state index contributed by atoms with van der Waals surface area (Å²) in [4.78, 5) is 36.4. The molecule has 0 fully saturated rings. The maximum absolute atomic E-state index is 12.5. The Morgan fingerprint density at radius 1 is 0.882 bits per heavy atom. The van der Waals surface area contributed by atoms with Crippen molar-refractivity contribution in [2.24, 2.45) is 0 Å². The van der Waals surface area contributed by atoms with E-state index in [-0.39, 0.29) is 12.5 Å². The molecule has 0 saturated carbocycles. The Balaban J connectivity index is 1.56. The number of carbonyl (C=O) groups is 3. The Labute approximate surface area is 198 Å². The maximum atomic E-state index is 12.5. The van der Waals surface area contributed by atoms with Gasteiger partial charge >= 0.3 is 12.1 Å². The van der Waals surface area contributed by atoms with Crippen molar-refractivity contribution in [2.45, 2.75) is 26.0 Å². The number of amides is 2. The molecule has 0 unspecified atom stereocenters. The molecule has 4 N–H and O–H groups in total. The van der Waals surface area contributed by atoms with E-state index in [1.165, 1.54) is 7.11 Å². The molecule has 3 aromatic rings. The molecule has 0 aliphatic rings. The summed E-state index contributed by atoms with van der Waals surface area (Å²) in [6, 6.07) is 20.5. The number of benzene rings is 3. The summed E-state index contributed by atoms with van der Waals surface area (Å²) in [6.45, 7) is 3.71. The number of nitrogens with two attached hydrogens (primary N) is 1. The van der Waals surface area contributed by atoms with Crippen molar-refractivity contribution in [2.75, 3.05) is 18.2 Å². The fourth-order valence-electron chi connectivity index (χ4n) is 3.21. The van der Waals surface area contributed by atoms with E-state index >= 15 is 0 Å². The molecule has 0 aliphatic heterocycles. The second-order valence-electron chi connectivity index (χ2n) is 8.13. The van der Waals surface area contributed by atoms with Gasteiger partial charge in [0, 0.05) is 5.56 Å². The fraction of sp³-hybridized carbons (Fsp3) is 0.192. The molecule has 2 amide bonds. The lowest BCUT2D eigenvalue weighted by molar-refractivity contribution is 0.0600. The lowest BCUT2D eigenvalue weighted by atomic mass is 9.93. The van der Waals surface area contributed by atoms with Crippen LogP contribution < -0.4 is 16.4 Å². The molecule has 0 bridgehead atoms. The SMILES string of the molecule is COC(=O)c1ccc(COC(=O)NC(C)(C)c2ccc(C(=O)Nc3ccccc3N)cc2)cc1. The van der Waals surface area contributed by atoms with Crippen LogP contribution in [0, 0.1) is 0 Å². The van der Waals surface area contributed by atoms with Gasteiger partial charge in [-0.3, -0.25) is 4.79 Å². The minimum absolute atomic E-state index is 0.0467. The number of para-hydroxylation sites is 2. The van der Waals surface area contributed by atoms with Gasteiger partial charge in [0.15, 0.2) is 0 Å². The first-order valence-electron chi connectivity index (χ1n) is 10.6. The summed E-state index contributed by atoms with van der Waals surface area (Å²) in [5.74, 6) is -0.715. The normalized spacial score (nSPS) is 10.8. The standard InChI is InChI=1S/C26H27N3O5/c1-26(2,29-25(32)34-16-17-8-10-19(11-9-17)24(31)33-3)20-14-12-18(13-15-20)23(30)28-22-7-5-4-6-21(22)27/h4-15H,16,27H2,1-3H3,(H,28,30)(H,29,32). The van der Waals surface area contributed by atoms with Crippen LogP contribution in [-0.4, -0.2) is 25.1 Å². The van der Waals surface area contributed by atoms with E-state index in [0.717, 1.165) is 11.1 Å². The topological polar surface area (TPSA) is 120 Å². The molecular weight excluding hydrogens is 434 g/mol. The average molecular weight is 462 g/mol. The lowest BCUT2D eigenvalue weighted by Crippen LogP contribution is -2.41. The minimum atomic E-state index is -0.745. The van der Waals surface area contributed by atoms with E-state index in [9.17, 15) is 14.4 Å². The van der Waals surface area contributed by atoms with E-state index < -0.39 is 17.6 Å². The van der Waals surface area contributed by atoms with E-state index in [2.05, 4.69) is 15.4 Å². The van der Waals surface area contributed by atoms with E-state index in [1.54, 1.807) is 72.8 Å². The molecule has 0 atom stereocenters. The molecular formula is C26H27N3O5. The zero-order chi connectivity index (χ0) is 24.7. The summed E-state index contributed by atoms with van der Waals surface area (Å²) in [7, 11) is 1.31. The molecule has 0 spiro atoms. The van der Waals surface area contributed by atoms with Crippen molar-refractivity contribution in [3.05, 3.63) is 95.1 Å². The fourth-order valence-corrected chi connectivity index (χ4v) is 3.21. The van der Waals surface area contributed by atoms with Crippen LogP contribution in [0.25, 0.3) is 0 Å². The molecule has 3 rings (SSSR count). The quantitative estimate of drug-likeness (QED) is 0.353. The number of hydrogen-bond acceptors (Lipinski definition) is 6. The summed E-state index contributed by atoms with van der Waals surface area (Å²) in [5.41, 5.74) is 8.56. The van der Waals surface area contributed by atoms with Crippen LogP contribution in [0.3, 0.4) is 0 Å². The molecule has 34 heavy (non-hydrogen) atoms. The zero-order valence-corrected chi connectivity index (χ0v) is 19.3. The zero-order valence-electron chi connectivity index (χ0n) is 19.3. The van der Waals surface area contributed by atoms with Crippen LogP contribution in [0.1, 0.15) is 45.7 Å². The Morgan fingerprint density at radius 3 is 2.12 bits per heavy atom. The Kier molecular flexibility index (Phi) is 7.53. The van der Waals surface area contributed by atoms with Crippen molar-refractivity contribution >= 4 is 29.3 Å². The second kappa shape index (κ2) is 10.5. The smallest absolute Gasteiger partial charge is 0.408 e. The second-order valence-corrected chi connectivity index (χ2v) is 8.13. The van der Waals surface area contributed by atoms with Crippen molar-refractivity contribution in [1.82, 2.24) is 5.32 Å². The van der Waals surface area contributed by atoms with Crippen LogP contribution in [0.5, 0.6) is 0 Å². The molecule has 8 nitrogen and oxygen atoms in total. The number of hydrogen-bond donors (Lipinski definition) is 3. The van der Waals surface area contributed by atoms with E-state index in [1.807, 2.05) is 13.8 Å². The number of methoxy groups -OCH3 is 1.